The number of methoxy groups -OCH3 is 1. The summed E-state index contributed by atoms with van der Waals surface area (Å²) in [6.45, 7) is 2.34. The van der Waals surface area contributed by atoms with Crippen LogP contribution in [0.2, 0.25) is 0 Å². The SMILES string of the molecule is COC(=O)CC1CN(S(=O)(=O)c2cn(C)c(C)n2)CCO1. The predicted octanol–water partition coefficient (Wildman–Crippen LogP) is -0.319. The topological polar surface area (TPSA) is 90.7 Å². The molecule has 1 saturated heterocycles. The number of carbonyl (C=O) groups excluding carboxylic acids is 1. The van der Waals surface area contributed by atoms with Gasteiger partial charge in [-0.25, -0.2) is 13.4 Å². The van der Waals surface area contributed by atoms with Gasteiger partial charge in [-0.2, -0.15) is 4.31 Å². The van der Waals surface area contributed by atoms with Gasteiger partial charge in [0.15, 0.2) is 5.03 Å². The molecule has 8 nitrogen and oxygen atoms in total. The van der Waals surface area contributed by atoms with Crippen LogP contribution in [0.3, 0.4) is 0 Å². The van der Waals surface area contributed by atoms with E-state index in [0.717, 1.165) is 0 Å². The molecule has 0 amide bonds. The molecule has 0 bridgehead atoms. The van der Waals surface area contributed by atoms with E-state index in [-0.39, 0.29) is 31.1 Å². The number of esters is 1. The highest BCUT2D eigenvalue weighted by Gasteiger charge is 2.33. The van der Waals surface area contributed by atoms with Crippen LogP contribution in [0.15, 0.2) is 11.2 Å². The van der Waals surface area contributed by atoms with E-state index < -0.39 is 22.1 Å². The van der Waals surface area contributed by atoms with Crippen LogP contribution in [0.1, 0.15) is 12.2 Å². The summed E-state index contributed by atoms with van der Waals surface area (Å²) in [6.07, 6.45) is 1.02. The van der Waals surface area contributed by atoms with Gasteiger partial charge in [-0.1, -0.05) is 0 Å². The molecule has 2 heterocycles. The fourth-order valence-corrected chi connectivity index (χ4v) is 3.57. The quantitative estimate of drug-likeness (QED) is 0.707. The Morgan fingerprint density at radius 2 is 2.29 bits per heavy atom. The van der Waals surface area contributed by atoms with Crippen LogP contribution in [0.25, 0.3) is 0 Å². The van der Waals surface area contributed by atoms with Gasteiger partial charge in [0.2, 0.25) is 0 Å². The summed E-state index contributed by atoms with van der Waals surface area (Å²) in [4.78, 5) is 15.3. The molecule has 1 aliphatic heterocycles. The number of sulfonamides is 1. The molecular weight excluding hydrogens is 298 g/mol. The number of carbonyl (C=O) groups is 1. The van der Waals surface area contributed by atoms with E-state index in [9.17, 15) is 13.2 Å². The minimum atomic E-state index is -3.67. The third-order valence-corrected chi connectivity index (χ3v) is 5.15. The number of morpholine rings is 1. The Hall–Kier alpha value is -1.45. The van der Waals surface area contributed by atoms with Crippen molar-refractivity contribution in [2.24, 2.45) is 7.05 Å². The van der Waals surface area contributed by atoms with Gasteiger partial charge in [0.1, 0.15) is 5.82 Å². The van der Waals surface area contributed by atoms with Crippen LogP contribution in [-0.2, 0) is 31.3 Å². The van der Waals surface area contributed by atoms with Crippen molar-refractivity contribution in [2.75, 3.05) is 26.8 Å². The number of ether oxygens (including phenoxy) is 2. The lowest BCUT2D eigenvalue weighted by molar-refractivity contribution is -0.145. The zero-order chi connectivity index (χ0) is 15.6. The summed E-state index contributed by atoms with van der Waals surface area (Å²) in [6, 6.07) is 0. The van der Waals surface area contributed by atoms with E-state index in [2.05, 4.69) is 9.72 Å². The molecule has 0 radical (unpaired) electrons. The highest BCUT2D eigenvalue weighted by Crippen LogP contribution is 2.19. The summed E-state index contributed by atoms with van der Waals surface area (Å²) in [7, 11) is -0.645. The lowest BCUT2D eigenvalue weighted by atomic mass is 10.2. The number of aryl methyl sites for hydroxylation is 2. The highest BCUT2D eigenvalue weighted by molar-refractivity contribution is 7.89. The molecule has 0 aliphatic carbocycles. The molecule has 0 saturated carbocycles. The maximum Gasteiger partial charge on any atom is 0.308 e. The standard InChI is InChI=1S/C12H19N3O5S/c1-9-13-11(8-14(9)2)21(17,18)15-4-5-20-10(7-15)6-12(16)19-3/h8,10H,4-7H2,1-3H3. The second-order valence-corrected chi connectivity index (χ2v) is 6.76. The molecule has 0 spiro atoms. The van der Waals surface area contributed by atoms with Crippen LogP contribution in [-0.4, -0.2) is 61.2 Å². The first-order chi connectivity index (χ1) is 9.84. The van der Waals surface area contributed by atoms with Crippen molar-refractivity contribution in [3.63, 3.8) is 0 Å². The average molecular weight is 317 g/mol. The van der Waals surface area contributed by atoms with E-state index >= 15 is 0 Å². The summed E-state index contributed by atoms with van der Waals surface area (Å²) in [5.41, 5.74) is 0. The fourth-order valence-electron chi connectivity index (χ4n) is 2.09. The maximum absolute atomic E-state index is 12.5. The van der Waals surface area contributed by atoms with Gasteiger partial charge in [-0.15, -0.1) is 0 Å². The van der Waals surface area contributed by atoms with Crippen LogP contribution in [0, 0.1) is 6.92 Å². The molecule has 1 atom stereocenters. The molecule has 21 heavy (non-hydrogen) atoms. The van der Waals surface area contributed by atoms with Gasteiger partial charge in [0, 0.05) is 26.3 Å². The molecule has 1 aromatic rings. The van der Waals surface area contributed by atoms with Crippen molar-refractivity contribution in [2.45, 2.75) is 24.5 Å². The van der Waals surface area contributed by atoms with E-state index in [4.69, 9.17) is 4.74 Å². The van der Waals surface area contributed by atoms with Gasteiger partial charge >= 0.3 is 5.97 Å². The highest BCUT2D eigenvalue weighted by atomic mass is 32.2. The first-order valence-corrected chi connectivity index (χ1v) is 7.97. The zero-order valence-electron chi connectivity index (χ0n) is 12.3. The molecule has 1 aliphatic rings. The Kier molecular flexibility index (Phi) is 4.64. The molecule has 0 aromatic carbocycles. The lowest BCUT2D eigenvalue weighted by Crippen LogP contribution is -2.46. The minimum Gasteiger partial charge on any atom is -0.469 e. The maximum atomic E-state index is 12.5. The predicted molar refractivity (Wildman–Crippen MR) is 73.1 cm³/mol. The number of hydrogen-bond acceptors (Lipinski definition) is 6. The molecule has 1 aromatic heterocycles. The Bertz CT molecular complexity index is 605. The van der Waals surface area contributed by atoms with E-state index in [1.807, 2.05) is 0 Å². The summed E-state index contributed by atoms with van der Waals surface area (Å²) in [5, 5.41) is 0.0150. The molecular formula is C12H19N3O5S. The van der Waals surface area contributed by atoms with Crippen LogP contribution < -0.4 is 0 Å². The smallest absolute Gasteiger partial charge is 0.308 e. The number of aromatic nitrogens is 2. The number of imidazole rings is 1. The first kappa shape index (κ1) is 15.9. The normalized spacial score (nSPS) is 20.4. The van der Waals surface area contributed by atoms with E-state index in [1.54, 1.807) is 18.5 Å². The molecule has 1 fully saturated rings. The van der Waals surface area contributed by atoms with Crippen molar-refractivity contribution in [3.05, 3.63) is 12.0 Å². The van der Waals surface area contributed by atoms with Crippen LogP contribution in [0.5, 0.6) is 0 Å². The van der Waals surface area contributed by atoms with Crippen LogP contribution >= 0.6 is 0 Å². The van der Waals surface area contributed by atoms with E-state index in [0.29, 0.717) is 5.82 Å². The van der Waals surface area contributed by atoms with Crippen molar-refractivity contribution in [1.82, 2.24) is 13.9 Å². The van der Waals surface area contributed by atoms with Crippen LogP contribution in [0.4, 0.5) is 0 Å². The Labute approximate surface area is 123 Å². The Morgan fingerprint density at radius 1 is 1.57 bits per heavy atom. The van der Waals surface area contributed by atoms with Gasteiger partial charge in [-0.3, -0.25) is 4.79 Å². The van der Waals surface area contributed by atoms with Gasteiger partial charge in [0.25, 0.3) is 10.0 Å². The molecule has 9 heteroatoms. The van der Waals surface area contributed by atoms with E-state index in [1.165, 1.54) is 17.6 Å². The van der Waals surface area contributed by atoms with Crippen molar-refractivity contribution in [1.29, 1.82) is 0 Å². The van der Waals surface area contributed by atoms with Crippen molar-refractivity contribution >= 4 is 16.0 Å². The summed E-state index contributed by atoms with van der Waals surface area (Å²) in [5.74, 6) is 0.195. The largest absolute Gasteiger partial charge is 0.469 e. The summed E-state index contributed by atoms with van der Waals surface area (Å²) >= 11 is 0. The first-order valence-electron chi connectivity index (χ1n) is 6.53. The Morgan fingerprint density at radius 3 is 2.86 bits per heavy atom. The second-order valence-electron chi connectivity index (χ2n) is 4.87. The molecule has 0 N–H and O–H groups in total. The number of rotatable bonds is 4. The number of hydrogen-bond donors (Lipinski definition) is 0. The monoisotopic (exact) mass is 317 g/mol. The van der Waals surface area contributed by atoms with Gasteiger partial charge in [-0.05, 0) is 6.92 Å². The minimum absolute atomic E-state index is 0.0150. The van der Waals surface area contributed by atoms with Crippen molar-refractivity contribution < 1.29 is 22.7 Å². The average Bonchev–Trinajstić information content (AvgIpc) is 2.79. The zero-order valence-corrected chi connectivity index (χ0v) is 13.1. The molecule has 1 unspecified atom stereocenters. The van der Waals surface area contributed by atoms with Gasteiger partial charge in [0.05, 0.1) is 26.2 Å². The fraction of sp³-hybridized carbons (Fsp3) is 0.667. The second kappa shape index (κ2) is 6.12. The molecule has 118 valence electrons. The third-order valence-electron chi connectivity index (χ3n) is 3.41. The Balaban J connectivity index is 2.14. The number of nitrogens with zero attached hydrogens (tertiary/aromatic N) is 3. The van der Waals surface area contributed by atoms with Gasteiger partial charge < -0.3 is 14.0 Å². The summed E-state index contributed by atoms with van der Waals surface area (Å²) < 4.78 is 38.0. The molecule has 2 rings (SSSR count). The van der Waals surface area contributed by atoms with Crippen molar-refractivity contribution in [3.8, 4) is 0 Å². The third kappa shape index (κ3) is 3.42. The lowest BCUT2D eigenvalue weighted by Gasteiger charge is -2.31.